The number of carbonyl (C=O) groups is 3. The number of nitrogens with one attached hydrogen (secondary N) is 1. The summed E-state index contributed by atoms with van der Waals surface area (Å²) in [6.07, 6.45) is 0. The number of hydrogen-bond acceptors (Lipinski definition) is 3. The molecule has 0 aliphatic heterocycles. The number of primary amides is 1. The maximum absolute atomic E-state index is 11.7. The van der Waals surface area contributed by atoms with Crippen LogP contribution in [0.1, 0.15) is 20.8 Å². The van der Waals surface area contributed by atoms with Crippen LogP contribution in [-0.4, -0.2) is 46.5 Å². The third kappa shape index (κ3) is 4.63. The minimum absolute atomic E-state index is 0.263. The number of nitrogens with two attached hydrogens (primary N) is 1. The molecule has 1 atom stereocenters. The second kappa shape index (κ2) is 5.94. The van der Waals surface area contributed by atoms with Gasteiger partial charge in [-0.2, -0.15) is 0 Å². The summed E-state index contributed by atoms with van der Waals surface area (Å²) in [7, 11) is 0. The third-order valence-corrected chi connectivity index (χ3v) is 1.94. The predicted molar refractivity (Wildman–Crippen MR) is 56.7 cm³/mol. The van der Waals surface area contributed by atoms with Gasteiger partial charge in [0.1, 0.15) is 12.6 Å². The number of carboxylic acid groups (broad SMARTS) is 1. The van der Waals surface area contributed by atoms with Crippen LogP contribution < -0.4 is 11.1 Å². The van der Waals surface area contributed by atoms with Crippen molar-refractivity contribution in [2.24, 2.45) is 5.73 Å². The summed E-state index contributed by atoms with van der Waals surface area (Å²) in [5.41, 5.74) is 4.87. The Morgan fingerprint density at radius 2 is 1.81 bits per heavy atom. The van der Waals surface area contributed by atoms with Gasteiger partial charge in [0.2, 0.25) is 5.91 Å². The summed E-state index contributed by atoms with van der Waals surface area (Å²) in [5.74, 6) is -1.58. The molecule has 7 nitrogen and oxygen atoms in total. The lowest BCUT2D eigenvalue weighted by atomic mass is 10.2. The molecule has 0 aromatic heterocycles. The zero-order valence-electron chi connectivity index (χ0n) is 9.56. The molecule has 0 spiro atoms. The first-order valence-corrected chi connectivity index (χ1v) is 4.84. The van der Waals surface area contributed by atoms with Gasteiger partial charge in [-0.15, -0.1) is 0 Å². The lowest BCUT2D eigenvalue weighted by Crippen LogP contribution is -2.51. The molecular weight excluding hydrogens is 214 g/mol. The number of carboxylic acids is 1. The van der Waals surface area contributed by atoms with E-state index in [1.165, 1.54) is 6.92 Å². The Kier molecular flexibility index (Phi) is 5.27. The van der Waals surface area contributed by atoms with Gasteiger partial charge in [-0.3, -0.25) is 9.59 Å². The zero-order valence-corrected chi connectivity index (χ0v) is 9.56. The monoisotopic (exact) mass is 231 g/mol. The normalized spacial score (nSPS) is 12.0. The second-order valence-corrected chi connectivity index (χ2v) is 3.68. The standard InChI is InChI=1S/C9H17N3O4/c1-5(2)12(4-7(13)14)8(15)6(3)11-9(10)16/h5-6H,4H2,1-3H3,(H,13,14)(H3,10,11,16). The first-order valence-electron chi connectivity index (χ1n) is 4.84. The third-order valence-electron chi connectivity index (χ3n) is 1.94. The van der Waals surface area contributed by atoms with Crippen LogP contribution in [0.25, 0.3) is 0 Å². The van der Waals surface area contributed by atoms with E-state index in [9.17, 15) is 14.4 Å². The van der Waals surface area contributed by atoms with E-state index in [1.54, 1.807) is 13.8 Å². The van der Waals surface area contributed by atoms with Gasteiger partial charge in [0, 0.05) is 6.04 Å². The molecule has 0 saturated carbocycles. The zero-order chi connectivity index (χ0) is 12.9. The van der Waals surface area contributed by atoms with E-state index in [2.05, 4.69) is 5.32 Å². The van der Waals surface area contributed by atoms with Crippen LogP contribution in [-0.2, 0) is 9.59 Å². The highest BCUT2D eigenvalue weighted by molar-refractivity contribution is 5.88. The molecule has 0 bridgehead atoms. The van der Waals surface area contributed by atoms with Crippen molar-refractivity contribution in [3.8, 4) is 0 Å². The van der Waals surface area contributed by atoms with Gasteiger partial charge >= 0.3 is 12.0 Å². The molecule has 3 amide bonds. The number of rotatable bonds is 5. The fourth-order valence-electron chi connectivity index (χ4n) is 1.18. The number of hydrogen-bond donors (Lipinski definition) is 3. The van der Waals surface area contributed by atoms with Crippen LogP contribution in [0.5, 0.6) is 0 Å². The van der Waals surface area contributed by atoms with Gasteiger partial charge < -0.3 is 21.1 Å². The molecule has 0 aliphatic rings. The summed E-state index contributed by atoms with van der Waals surface area (Å²) in [4.78, 5) is 34.0. The van der Waals surface area contributed by atoms with Crippen LogP contribution in [0.3, 0.4) is 0 Å². The number of nitrogens with zero attached hydrogens (tertiary/aromatic N) is 1. The second-order valence-electron chi connectivity index (χ2n) is 3.68. The SMILES string of the molecule is CC(NC(N)=O)C(=O)N(CC(=O)O)C(C)C. The smallest absolute Gasteiger partial charge is 0.323 e. The lowest BCUT2D eigenvalue weighted by Gasteiger charge is -2.27. The summed E-state index contributed by atoms with van der Waals surface area (Å²) in [5, 5.41) is 10.8. The Hall–Kier alpha value is -1.79. The molecule has 16 heavy (non-hydrogen) atoms. The molecule has 0 rings (SSSR count). The molecule has 1 unspecified atom stereocenters. The van der Waals surface area contributed by atoms with Crippen molar-refractivity contribution in [1.29, 1.82) is 0 Å². The van der Waals surface area contributed by atoms with Crippen molar-refractivity contribution in [2.75, 3.05) is 6.54 Å². The van der Waals surface area contributed by atoms with E-state index in [1.807, 2.05) is 0 Å². The molecule has 92 valence electrons. The van der Waals surface area contributed by atoms with E-state index < -0.39 is 30.5 Å². The summed E-state index contributed by atoms with van der Waals surface area (Å²) >= 11 is 0. The molecule has 0 aromatic rings. The summed E-state index contributed by atoms with van der Waals surface area (Å²) in [6.45, 7) is 4.43. The number of carbonyl (C=O) groups excluding carboxylic acids is 2. The van der Waals surface area contributed by atoms with Gasteiger partial charge in [0.25, 0.3) is 0 Å². The van der Waals surface area contributed by atoms with Gasteiger partial charge in [-0.05, 0) is 20.8 Å². The minimum Gasteiger partial charge on any atom is -0.480 e. The lowest BCUT2D eigenvalue weighted by molar-refractivity contribution is -0.146. The molecule has 0 heterocycles. The molecule has 7 heteroatoms. The highest BCUT2D eigenvalue weighted by Crippen LogP contribution is 2.02. The highest BCUT2D eigenvalue weighted by atomic mass is 16.4. The maximum atomic E-state index is 11.7. The predicted octanol–water partition coefficient (Wildman–Crippen LogP) is -0.635. The van der Waals surface area contributed by atoms with E-state index in [-0.39, 0.29) is 6.04 Å². The van der Waals surface area contributed by atoms with Crippen molar-refractivity contribution in [2.45, 2.75) is 32.9 Å². The van der Waals surface area contributed by atoms with E-state index in [4.69, 9.17) is 10.8 Å². The van der Waals surface area contributed by atoms with Crippen LogP contribution in [0.15, 0.2) is 0 Å². The van der Waals surface area contributed by atoms with Crippen LogP contribution in [0, 0.1) is 0 Å². The average molecular weight is 231 g/mol. The summed E-state index contributed by atoms with van der Waals surface area (Å²) in [6, 6.07) is -1.92. The highest BCUT2D eigenvalue weighted by Gasteiger charge is 2.25. The Labute approximate surface area is 93.6 Å². The average Bonchev–Trinajstić information content (AvgIpc) is 2.11. The topological polar surface area (TPSA) is 113 Å². The fraction of sp³-hybridized carbons (Fsp3) is 0.667. The van der Waals surface area contributed by atoms with Crippen molar-refractivity contribution < 1.29 is 19.5 Å². The maximum Gasteiger partial charge on any atom is 0.323 e. The molecule has 0 aromatic carbocycles. The molecule has 0 radical (unpaired) electrons. The van der Waals surface area contributed by atoms with Crippen LogP contribution in [0.2, 0.25) is 0 Å². The number of amides is 3. The fourth-order valence-corrected chi connectivity index (χ4v) is 1.18. The van der Waals surface area contributed by atoms with Gasteiger partial charge in [-0.25, -0.2) is 4.79 Å². The molecular formula is C9H17N3O4. The first-order chi connectivity index (χ1) is 7.25. The Morgan fingerprint density at radius 3 is 2.12 bits per heavy atom. The van der Waals surface area contributed by atoms with Crippen molar-refractivity contribution in [3.63, 3.8) is 0 Å². The van der Waals surface area contributed by atoms with Gasteiger partial charge in [-0.1, -0.05) is 0 Å². The van der Waals surface area contributed by atoms with E-state index in [0.29, 0.717) is 0 Å². The Bertz CT molecular complexity index is 290. The number of aliphatic carboxylic acids is 1. The van der Waals surface area contributed by atoms with E-state index in [0.717, 1.165) is 4.90 Å². The quantitative estimate of drug-likeness (QED) is 0.584. The Balaban J connectivity index is 4.60. The molecule has 0 aliphatic carbocycles. The molecule has 4 N–H and O–H groups in total. The number of urea groups is 1. The summed E-state index contributed by atoms with van der Waals surface area (Å²) < 4.78 is 0. The largest absolute Gasteiger partial charge is 0.480 e. The van der Waals surface area contributed by atoms with Gasteiger partial charge in [0.15, 0.2) is 0 Å². The molecule has 0 saturated heterocycles. The van der Waals surface area contributed by atoms with Crippen molar-refractivity contribution in [1.82, 2.24) is 10.2 Å². The van der Waals surface area contributed by atoms with Crippen LogP contribution in [0.4, 0.5) is 4.79 Å². The molecule has 0 fully saturated rings. The van der Waals surface area contributed by atoms with E-state index >= 15 is 0 Å². The Morgan fingerprint density at radius 1 is 1.31 bits per heavy atom. The van der Waals surface area contributed by atoms with Gasteiger partial charge in [0.05, 0.1) is 0 Å². The van der Waals surface area contributed by atoms with Crippen molar-refractivity contribution in [3.05, 3.63) is 0 Å². The minimum atomic E-state index is -1.10. The van der Waals surface area contributed by atoms with Crippen LogP contribution >= 0.6 is 0 Å². The first kappa shape index (κ1) is 14.2. The van der Waals surface area contributed by atoms with Crippen molar-refractivity contribution >= 4 is 17.9 Å².